The summed E-state index contributed by atoms with van der Waals surface area (Å²) in [5.74, 6) is 0. The quantitative estimate of drug-likeness (QED) is 0.792. The van der Waals surface area contributed by atoms with Crippen LogP contribution in [0.1, 0.15) is 19.8 Å². The zero-order valence-corrected chi connectivity index (χ0v) is 11.4. The van der Waals surface area contributed by atoms with Crippen molar-refractivity contribution >= 4 is 33.4 Å². The van der Waals surface area contributed by atoms with E-state index in [1.807, 2.05) is 35.0 Å². The molecule has 16 heavy (non-hydrogen) atoms. The smallest absolute Gasteiger partial charge is 0.258 e. The minimum absolute atomic E-state index is 0.129. The van der Waals surface area contributed by atoms with Crippen LogP contribution in [0.25, 0.3) is 10.8 Å². The summed E-state index contributed by atoms with van der Waals surface area (Å²) in [5.41, 5.74) is 0.129. The summed E-state index contributed by atoms with van der Waals surface area (Å²) in [4.78, 5) is 12.1. The Kier molecular flexibility index (Phi) is 3.63. The number of halogens is 1. The number of hydrogen-bond acceptors (Lipinski definition) is 1. The normalized spacial score (nSPS) is 10.9. The summed E-state index contributed by atoms with van der Waals surface area (Å²) in [5, 5.41) is 1.88. The van der Waals surface area contributed by atoms with Gasteiger partial charge in [0.1, 0.15) is 0 Å². The van der Waals surface area contributed by atoms with Gasteiger partial charge in [-0.2, -0.15) is 0 Å². The third-order valence-electron chi connectivity index (χ3n) is 2.70. The van der Waals surface area contributed by atoms with Crippen molar-refractivity contribution in [1.82, 2.24) is 4.57 Å². The Morgan fingerprint density at radius 1 is 1.25 bits per heavy atom. The van der Waals surface area contributed by atoms with Gasteiger partial charge in [0.15, 0.2) is 0 Å². The van der Waals surface area contributed by atoms with Crippen molar-refractivity contribution in [2.75, 3.05) is 0 Å². The molecule has 0 aliphatic heterocycles. The lowest BCUT2D eigenvalue weighted by Crippen LogP contribution is -2.20. The van der Waals surface area contributed by atoms with E-state index in [1.165, 1.54) is 0 Å². The molecule has 84 valence electrons. The lowest BCUT2D eigenvalue weighted by molar-refractivity contribution is 0.615. The van der Waals surface area contributed by atoms with Gasteiger partial charge in [0.2, 0.25) is 0 Å². The molecule has 0 aliphatic carbocycles. The fourth-order valence-electron chi connectivity index (χ4n) is 1.79. The lowest BCUT2D eigenvalue weighted by atomic mass is 10.2. The van der Waals surface area contributed by atoms with Crippen molar-refractivity contribution in [3.8, 4) is 0 Å². The van der Waals surface area contributed by atoms with Crippen LogP contribution < -0.4 is 5.56 Å². The number of unbranched alkanes of at least 4 members (excludes halogenated alkanes) is 1. The Hall–Kier alpha value is -0.840. The Morgan fingerprint density at radius 2 is 1.94 bits per heavy atom. The van der Waals surface area contributed by atoms with E-state index >= 15 is 0 Å². The van der Waals surface area contributed by atoms with E-state index in [4.69, 9.17) is 0 Å². The average molecular weight is 327 g/mol. The summed E-state index contributed by atoms with van der Waals surface area (Å²) in [6.45, 7) is 2.95. The highest BCUT2D eigenvalue weighted by Crippen LogP contribution is 2.17. The van der Waals surface area contributed by atoms with Gasteiger partial charge in [-0.05, 0) is 35.1 Å². The molecule has 0 amide bonds. The van der Waals surface area contributed by atoms with Gasteiger partial charge < -0.3 is 4.57 Å². The number of benzene rings is 1. The average Bonchev–Trinajstić information content (AvgIpc) is 2.32. The van der Waals surface area contributed by atoms with Crippen LogP contribution in [-0.2, 0) is 6.54 Å². The van der Waals surface area contributed by atoms with Crippen LogP contribution >= 0.6 is 22.6 Å². The van der Waals surface area contributed by atoms with E-state index in [0.29, 0.717) is 0 Å². The predicted octanol–water partition coefficient (Wildman–Crippen LogP) is 3.41. The van der Waals surface area contributed by atoms with Crippen LogP contribution in [0.15, 0.2) is 35.3 Å². The molecule has 0 unspecified atom stereocenters. The third kappa shape index (κ3) is 2.14. The van der Waals surface area contributed by atoms with Gasteiger partial charge in [-0.1, -0.05) is 31.5 Å². The summed E-state index contributed by atoms with van der Waals surface area (Å²) >= 11 is 2.29. The molecule has 0 aliphatic rings. The standard InChI is InChI=1S/C13H14INO/c1-2-3-8-15-9-12(14)10-6-4-5-7-11(10)13(15)16/h4-7,9H,2-3,8H2,1H3. The summed E-state index contributed by atoms with van der Waals surface area (Å²) in [6, 6.07) is 7.80. The van der Waals surface area contributed by atoms with Gasteiger partial charge in [0, 0.05) is 27.1 Å². The van der Waals surface area contributed by atoms with Crippen LogP contribution in [0.5, 0.6) is 0 Å². The van der Waals surface area contributed by atoms with E-state index < -0.39 is 0 Å². The first kappa shape index (κ1) is 11.6. The van der Waals surface area contributed by atoms with E-state index in [0.717, 1.165) is 33.7 Å². The molecule has 2 rings (SSSR count). The number of fused-ring (bicyclic) bond motifs is 1. The van der Waals surface area contributed by atoms with Gasteiger partial charge in [-0.15, -0.1) is 0 Å². The van der Waals surface area contributed by atoms with E-state index in [1.54, 1.807) is 0 Å². The first-order chi connectivity index (χ1) is 7.74. The number of hydrogen-bond donors (Lipinski definition) is 0. The molecular weight excluding hydrogens is 313 g/mol. The van der Waals surface area contributed by atoms with Crippen molar-refractivity contribution in [2.45, 2.75) is 26.3 Å². The second kappa shape index (κ2) is 4.99. The lowest BCUT2D eigenvalue weighted by Gasteiger charge is -2.08. The maximum absolute atomic E-state index is 12.1. The largest absolute Gasteiger partial charge is 0.314 e. The Labute approximate surface area is 108 Å². The second-order valence-electron chi connectivity index (χ2n) is 3.87. The second-order valence-corrected chi connectivity index (χ2v) is 5.04. The first-order valence-electron chi connectivity index (χ1n) is 5.51. The zero-order valence-electron chi connectivity index (χ0n) is 9.24. The highest BCUT2D eigenvalue weighted by molar-refractivity contribution is 14.1. The first-order valence-corrected chi connectivity index (χ1v) is 6.59. The molecule has 1 aromatic heterocycles. The number of aryl methyl sites for hydroxylation is 1. The fraction of sp³-hybridized carbons (Fsp3) is 0.308. The topological polar surface area (TPSA) is 22.0 Å². The molecule has 0 bridgehead atoms. The van der Waals surface area contributed by atoms with Crippen molar-refractivity contribution in [3.63, 3.8) is 0 Å². The molecule has 0 N–H and O–H groups in total. The van der Waals surface area contributed by atoms with Gasteiger partial charge in [-0.3, -0.25) is 4.79 Å². The van der Waals surface area contributed by atoms with Crippen molar-refractivity contribution in [1.29, 1.82) is 0 Å². The zero-order chi connectivity index (χ0) is 11.5. The molecule has 1 aromatic carbocycles. The number of nitrogens with zero attached hydrogens (tertiary/aromatic N) is 1. The summed E-state index contributed by atoms with van der Waals surface area (Å²) in [6.07, 6.45) is 4.12. The van der Waals surface area contributed by atoms with Crippen LogP contribution in [0.2, 0.25) is 0 Å². The number of aromatic nitrogens is 1. The SMILES string of the molecule is CCCCn1cc(I)c2ccccc2c1=O. The molecular formula is C13H14INO. The highest BCUT2D eigenvalue weighted by Gasteiger charge is 2.05. The van der Waals surface area contributed by atoms with Gasteiger partial charge in [0.25, 0.3) is 5.56 Å². The third-order valence-corrected chi connectivity index (χ3v) is 3.56. The molecule has 1 heterocycles. The van der Waals surface area contributed by atoms with Crippen LogP contribution in [0.3, 0.4) is 0 Å². The number of pyridine rings is 1. The maximum atomic E-state index is 12.1. The minimum Gasteiger partial charge on any atom is -0.314 e. The van der Waals surface area contributed by atoms with Gasteiger partial charge >= 0.3 is 0 Å². The highest BCUT2D eigenvalue weighted by atomic mass is 127. The van der Waals surface area contributed by atoms with E-state index in [2.05, 4.69) is 29.5 Å². The molecule has 2 aromatic rings. The van der Waals surface area contributed by atoms with E-state index in [9.17, 15) is 4.79 Å². The maximum Gasteiger partial charge on any atom is 0.258 e. The molecule has 0 atom stereocenters. The number of rotatable bonds is 3. The molecule has 3 heteroatoms. The molecule has 0 spiro atoms. The molecule has 0 radical (unpaired) electrons. The van der Waals surface area contributed by atoms with Crippen molar-refractivity contribution < 1.29 is 0 Å². The van der Waals surface area contributed by atoms with Gasteiger partial charge in [-0.25, -0.2) is 0 Å². The van der Waals surface area contributed by atoms with Crippen LogP contribution in [0, 0.1) is 3.57 Å². The Bertz CT molecular complexity index is 559. The Morgan fingerprint density at radius 3 is 2.62 bits per heavy atom. The fourth-order valence-corrected chi connectivity index (χ4v) is 2.60. The summed E-state index contributed by atoms with van der Waals surface area (Å²) < 4.78 is 2.97. The molecule has 2 nitrogen and oxygen atoms in total. The van der Waals surface area contributed by atoms with E-state index in [-0.39, 0.29) is 5.56 Å². The monoisotopic (exact) mass is 327 g/mol. The summed E-state index contributed by atoms with van der Waals surface area (Å²) in [7, 11) is 0. The van der Waals surface area contributed by atoms with Gasteiger partial charge in [0.05, 0.1) is 0 Å². The van der Waals surface area contributed by atoms with Crippen LogP contribution in [0.4, 0.5) is 0 Å². The Balaban J connectivity index is 2.61. The predicted molar refractivity (Wildman–Crippen MR) is 75.8 cm³/mol. The molecule has 0 saturated heterocycles. The van der Waals surface area contributed by atoms with Crippen molar-refractivity contribution in [3.05, 3.63) is 44.4 Å². The van der Waals surface area contributed by atoms with Crippen molar-refractivity contribution in [2.24, 2.45) is 0 Å². The molecule has 0 fully saturated rings. The van der Waals surface area contributed by atoms with Crippen LogP contribution in [-0.4, -0.2) is 4.57 Å². The molecule has 0 saturated carbocycles. The minimum atomic E-state index is 0.129.